The molecule has 1 fully saturated rings. The monoisotopic (exact) mass is 324 g/mol. The zero-order chi connectivity index (χ0) is 16.8. The van der Waals surface area contributed by atoms with E-state index in [0.29, 0.717) is 6.42 Å². The molecule has 0 amide bonds. The first-order valence-corrected chi connectivity index (χ1v) is 10.3. The van der Waals surface area contributed by atoms with Gasteiger partial charge in [0, 0.05) is 6.42 Å². The summed E-state index contributed by atoms with van der Waals surface area (Å²) in [7, 11) is 1.47. The maximum absolute atomic E-state index is 11.0. The number of methoxy groups -OCH3 is 1. The fourth-order valence-corrected chi connectivity index (χ4v) is 3.69. The molecule has 0 heterocycles. The molecule has 0 aromatic rings. The van der Waals surface area contributed by atoms with E-state index in [1.54, 1.807) is 0 Å². The van der Waals surface area contributed by atoms with Gasteiger partial charge in [-0.05, 0) is 24.7 Å². The lowest BCUT2D eigenvalue weighted by molar-refractivity contribution is -0.140. The molecule has 1 rings (SSSR count). The van der Waals surface area contributed by atoms with Crippen molar-refractivity contribution in [2.75, 3.05) is 7.11 Å². The summed E-state index contributed by atoms with van der Waals surface area (Å²) in [5.41, 5.74) is 0. The molecule has 23 heavy (non-hydrogen) atoms. The Labute approximate surface area is 144 Å². The van der Waals surface area contributed by atoms with Crippen molar-refractivity contribution in [2.45, 2.75) is 110 Å². The van der Waals surface area contributed by atoms with Crippen molar-refractivity contribution in [3.8, 4) is 0 Å². The molecule has 0 aromatic heterocycles. The quantitative estimate of drug-likeness (QED) is 0.234. The summed E-state index contributed by atoms with van der Waals surface area (Å²) in [6.07, 6.45) is 21.3. The highest BCUT2D eigenvalue weighted by Gasteiger charge is 2.34. The molecule has 1 aliphatic rings. The van der Waals surface area contributed by atoms with Crippen LogP contribution in [0.4, 0.5) is 0 Å². The Morgan fingerprint density at radius 3 is 1.78 bits per heavy atom. The van der Waals surface area contributed by atoms with Crippen LogP contribution in [0.2, 0.25) is 0 Å². The lowest BCUT2D eigenvalue weighted by Gasteiger charge is -2.03. The fraction of sp³-hybridized carbons (Fsp3) is 0.952. The summed E-state index contributed by atoms with van der Waals surface area (Å²) in [5.74, 6) is 2.12. The zero-order valence-corrected chi connectivity index (χ0v) is 15.8. The van der Waals surface area contributed by atoms with Crippen LogP contribution in [0.3, 0.4) is 0 Å². The maximum atomic E-state index is 11.0. The van der Waals surface area contributed by atoms with Gasteiger partial charge in [0.15, 0.2) is 0 Å². The van der Waals surface area contributed by atoms with Crippen LogP contribution >= 0.6 is 0 Å². The summed E-state index contributed by atoms with van der Waals surface area (Å²) in [6.45, 7) is 2.29. The number of hydrogen-bond donors (Lipinski definition) is 0. The lowest BCUT2D eigenvalue weighted by atomic mass is 10.0. The minimum atomic E-state index is -0.0608. The second kappa shape index (κ2) is 13.9. The largest absolute Gasteiger partial charge is 0.469 e. The molecule has 0 spiro atoms. The molecule has 2 unspecified atom stereocenters. The molecule has 2 heteroatoms. The van der Waals surface area contributed by atoms with Crippen LogP contribution in [0.15, 0.2) is 0 Å². The van der Waals surface area contributed by atoms with Crippen LogP contribution in [0.5, 0.6) is 0 Å². The molecule has 0 radical (unpaired) electrons. The van der Waals surface area contributed by atoms with Crippen molar-refractivity contribution in [2.24, 2.45) is 11.8 Å². The van der Waals surface area contributed by atoms with Crippen molar-refractivity contribution in [3.63, 3.8) is 0 Å². The maximum Gasteiger partial charge on any atom is 0.305 e. The number of unbranched alkanes of at least 4 members (excludes halogenated alkanes) is 10. The average Bonchev–Trinajstić information content (AvgIpc) is 3.31. The first-order valence-electron chi connectivity index (χ1n) is 10.3. The van der Waals surface area contributed by atoms with Crippen molar-refractivity contribution >= 4 is 5.97 Å². The van der Waals surface area contributed by atoms with Gasteiger partial charge < -0.3 is 4.74 Å². The predicted octanol–water partition coefficient (Wildman–Crippen LogP) is 6.67. The highest BCUT2D eigenvalue weighted by molar-refractivity contribution is 5.68. The van der Waals surface area contributed by atoms with Gasteiger partial charge in [0.05, 0.1) is 7.11 Å². The fourth-order valence-electron chi connectivity index (χ4n) is 3.69. The third-order valence-corrected chi connectivity index (χ3v) is 5.43. The molecule has 0 saturated heterocycles. The summed E-state index contributed by atoms with van der Waals surface area (Å²) >= 11 is 0. The Balaban J connectivity index is 1.75. The Bertz CT molecular complexity index is 288. The van der Waals surface area contributed by atoms with E-state index in [2.05, 4.69) is 11.7 Å². The Hall–Kier alpha value is -0.530. The Kier molecular flexibility index (Phi) is 12.4. The van der Waals surface area contributed by atoms with E-state index in [1.165, 1.54) is 97.0 Å². The van der Waals surface area contributed by atoms with Crippen molar-refractivity contribution < 1.29 is 9.53 Å². The van der Waals surface area contributed by atoms with E-state index in [9.17, 15) is 4.79 Å². The zero-order valence-electron chi connectivity index (χ0n) is 15.8. The summed E-state index contributed by atoms with van der Waals surface area (Å²) in [5, 5.41) is 0. The lowest BCUT2D eigenvalue weighted by Crippen LogP contribution is -1.99. The van der Waals surface area contributed by atoms with Crippen LogP contribution in [0.25, 0.3) is 0 Å². The van der Waals surface area contributed by atoms with E-state index in [0.717, 1.165) is 18.3 Å². The number of hydrogen-bond acceptors (Lipinski definition) is 2. The number of carbonyl (C=O) groups is 1. The van der Waals surface area contributed by atoms with E-state index in [-0.39, 0.29) is 5.97 Å². The van der Waals surface area contributed by atoms with Crippen molar-refractivity contribution in [1.82, 2.24) is 0 Å². The van der Waals surface area contributed by atoms with E-state index in [1.807, 2.05) is 0 Å². The van der Waals surface area contributed by atoms with Gasteiger partial charge in [-0.15, -0.1) is 0 Å². The van der Waals surface area contributed by atoms with Gasteiger partial charge in [-0.3, -0.25) is 4.79 Å². The van der Waals surface area contributed by atoms with Gasteiger partial charge in [0.25, 0.3) is 0 Å². The van der Waals surface area contributed by atoms with Gasteiger partial charge >= 0.3 is 5.97 Å². The average molecular weight is 325 g/mol. The molecule has 136 valence electrons. The van der Waals surface area contributed by atoms with Crippen LogP contribution in [0, 0.1) is 11.8 Å². The van der Waals surface area contributed by atoms with Gasteiger partial charge in [-0.2, -0.15) is 0 Å². The molecule has 0 bridgehead atoms. The molecular formula is C21H40O2. The van der Waals surface area contributed by atoms with Gasteiger partial charge in [-0.1, -0.05) is 90.4 Å². The van der Waals surface area contributed by atoms with Crippen molar-refractivity contribution in [1.29, 1.82) is 0 Å². The summed E-state index contributed by atoms with van der Waals surface area (Å²) < 4.78 is 4.65. The van der Waals surface area contributed by atoms with E-state index < -0.39 is 0 Å². The Morgan fingerprint density at radius 2 is 1.26 bits per heavy atom. The molecular weight excluding hydrogens is 284 g/mol. The van der Waals surface area contributed by atoms with E-state index >= 15 is 0 Å². The SMILES string of the molecule is CCCCCCCC1CC1CCCCCCCCCC(=O)OC. The second-order valence-corrected chi connectivity index (χ2v) is 7.55. The first kappa shape index (κ1) is 20.5. The minimum absolute atomic E-state index is 0.0608. The molecule has 1 aliphatic carbocycles. The topological polar surface area (TPSA) is 26.3 Å². The highest BCUT2D eigenvalue weighted by atomic mass is 16.5. The number of esters is 1. The predicted molar refractivity (Wildman–Crippen MR) is 98.5 cm³/mol. The summed E-state index contributed by atoms with van der Waals surface area (Å²) in [4.78, 5) is 11.0. The normalized spacial score (nSPS) is 19.7. The molecule has 1 saturated carbocycles. The molecule has 0 aliphatic heterocycles. The Morgan fingerprint density at radius 1 is 0.783 bits per heavy atom. The van der Waals surface area contributed by atoms with Gasteiger partial charge in [-0.25, -0.2) is 0 Å². The third kappa shape index (κ3) is 11.6. The molecule has 0 N–H and O–H groups in total. The van der Waals surface area contributed by atoms with Crippen molar-refractivity contribution in [3.05, 3.63) is 0 Å². The number of rotatable bonds is 16. The molecule has 2 atom stereocenters. The molecule has 0 aromatic carbocycles. The standard InChI is InChI=1S/C21H40O2/c1-3-4-5-9-12-15-19-18-20(19)16-13-10-7-6-8-11-14-17-21(22)23-2/h19-20H,3-18H2,1-2H3. The van der Waals surface area contributed by atoms with Gasteiger partial charge in [0.2, 0.25) is 0 Å². The van der Waals surface area contributed by atoms with E-state index in [4.69, 9.17) is 0 Å². The first-order chi connectivity index (χ1) is 11.3. The van der Waals surface area contributed by atoms with Crippen LogP contribution in [-0.2, 0) is 9.53 Å². The highest BCUT2D eigenvalue weighted by Crippen LogP contribution is 2.45. The smallest absolute Gasteiger partial charge is 0.305 e. The second-order valence-electron chi connectivity index (χ2n) is 7.55. The third-order valence-electron chi connectivity index (χ3n) is 5.43. The number of carbonyl (C=O) groups excluding carboxylic acids is 1. The van der Waals surface area contributed by atoms with Crippen LogP contribution in [0.1, 0.15) is 110 Å². The van der Waals surface area contributed by atoms with Gasteiger partial charge in [0.1, 0.15) is 0 Å². The van der Waals surface area contributed by atoms with Crippen LogP contribution < -0.4 is 0 Å². The van der Waals surface area contributed by atoms with Crippen LogP contribution in [-0.4, -0.2) is 13.1 Å². The molecule has 2 nitrogen and oxygen atoms in total. The summed E-state index contributed by atoms with van der Waals surface area (Å²) in [6, 6.07) is 0. The minimum Gasteiger partial charge on any atom is -0.469 e. The number of ether oxygens (including phenoxy) is 1.